The van der Waals surface area contributed by atoms with Crippen LogP contribution >= 0.6 is 11.8 Å². The normalized spacial score (nSPS) is 15.9. The summed E-state index contributed by atoms with van der Waals surface area (Å²) in [5.74, 6) is 2.98. The molecule has 1 amide bonds. The van der Waals surface area contributed by atoms with Gasteiger partial charge >= 0.3 is 0 Å². The molecule has 2 heterocycles. The number of pyridine rings is 1. The molecule has 1 fully saturated rings. The molecule has 1 aliphatic heterocycles. The van der Waals surface area contributed by atoms with Crippen molar-refractivity contribution in [1.29, 1.82) is 0 Å². The molecule has 0 aliphatic carbocycles. The maximum Gasteiger partial charge on any atom is 0.254 e. The van der Waals surface area contributed by atoms with E-state index >= 15 is 0 Å². The Kier molecular flexibility index (Phi) is 5.14. The highest BCUT2D eigenvalue weighted by Gasteiger charge is 2.23. The van der Waals surface area contributed by atoms with Crippen LogP contribution in [0.2, 0.25) is 0 Å². The van der Waals surface area contributed by atoms with E-state index in [1.807, 2.05) is 35.7 Å². The summed E-state index contributed by atoms with van der Waals surface area (Å²) in [4.78, 5) is 19.3. The molecule has 116 valence electrons. The molecule has 0 spiro atoms. The van der Waals surface area contributed by atoms with Crippen LogP contribution in [0.25, 0.3) is 0 Å². The van der Waals surface area contributed by atoms with E-state index < -0.39 is 0 Å². The molecule has 2 rings (SSSR count). The predicted molar refractivity (Wildman–Crippen MR) is 90.3 cm³/mol. The van der Waals surface area contributed by atoms with Crippen LogP contribution in [-0.2, 0) is 5.41 Å². The fourth-order valence-corrected chi connectivity index (χ4v) is 3.16. The second-order valence-corrected chi connectivity index (χ2v) is 7.54. The lowest BCUT2D eigenvalue weighted by molar-refractivity contribution is 0.0772. The summed E-state index contributed by atoms with van der Waals surface area (Å²) in [5, 5.41) is 3.23. The Hall–Kier alpha value is -1.23. The predicted octanol–water partition coefficient (Wildman–Crippen LogP) is 3.00. The number of aromatic nitrogens is 1. The molecular formula is C16H25N3OS. The fraction of sp³-hybridized carbons (Fsp3) is 0.625. The first-order valence-corrected chi connectivity index (χ1v) is 8.70. The number of anilines is 1. The van der Waals surface area contributed by atoms with Crippen LogP contribution < -0.4 is 5.32 Å². The monoisotopic (exact) mass is 307 g/mol. The summed E-state index contributed by atoms with van der Waals surface area (Å²) in [7, 11) is 0. The van der Waals surface area contributed by atoms with Crippen molar-refractivity contribution in [1.82, 2.24) is 9.88 Å². The van der Waals surface area contributed by atoms with Crippen LogP contribution in [0, 0.1) is 0 Å². The first-order chi connectivity index (χ1) is 9.91. The van der Waals surface area contributed by atoms with E-state index in [1.165, 1.54) is 0 Å². The summed E-state index contributed by atoms with van der Waals surface area (Å²) in [6.45, 7) is 10.9. The lowest BCUT2D eigenvalue weighted by Crippen LogP contribution is -2.38. The summed E-state index contributed by atoms with van der Waals surface area (Å²) >= 11 is 1.91. The number of hydrogen-bond acceptors (Lipinski definition) is 4. The maximum absolute atomic E-state index is 12.7. The minimum Gasteiger partial charge on any atom is -0.370 e. The van der Waals surface area contributed by atoms with Crippen LogP contribution in [0.5, 0.6) is 0 Å². The van der Waals surface area contributed by atoms with E-state index in [2.05, 4.69) is 31.1 Å². The van der Waals surface area contributed by atoms with E-state index in [-0.39, 0.29) is 11.3 Å². The molecule has 21 heavy (non-hydrogen) atoms. The second-order valence-electron chi connectivity index (χ2n) is 6.31. The third kappa shape index (κ3) is 4.13. The van der Waals surface area contributed by atoms with Gasteiger partial charge < -0.3 is 10.2 Å². The molecule has 0 atom stereocenters. The SMILES string of the molecule is CCNc1cc(C(=O)N2CCSCC2)cc(C(C)(C)C)n1. The Morgan fingerprint density at radius 1 is 1.33 bits per heavy atom. The van der Waals surface area contributed by atoms with Crippen molar-refractivity contribution in [3.05, 3.63) is 23.4 Å². The lowest BCUT2D eigenvalue weighted by atomic mass is 9.90. The van der Waals surface area contributed by atoms with Gasteiger partial charge in [-0.25, -0.2) is 4.98 Å². The topological polar surface area (TPSA) is 45.2 Å². The second kappa shape index (κ2) is 6.69. The molecule has 0 unspecified atom stereocenters. The molecule has 1 aliphatic rings. The number of carbonyl (C=O) groups excluding carboxylic acids is 1. The molecule has 1 aromatic rings. The van der Waals surface area contributed by atoms with Crippen LogP contribution in [-0.4, -0.2) is 46.9 Å². The van der Waals surface area contributed by atoms with Gasteiger partial charge in [0, 0.05) is 47.8 Å². The summed E-state index contributed by atoms with van der Waals surface area (Å²) in [5.41, 5.74) is 1.63. The largest absolute Gasteiger partial charge is 0.370 e. The minimum atomic E-state index is -0.0712. The summed E-state index contributed by atoms with van der Waals surface area (Å²) < 4.78 is 0. The first-order valence-electron chi connectivity index (χ1n) is 7.55. The van der Waals surface area contributed by atoms with Crippen LogP contribution in [0.1, 0.15) is 43.7 Å². The van der Waals surface area contributed by atoms with Crippen molar-refractivity contribution in [2.45, 2.75) is 33.1 Å². The van der Waals surface area contributed by atoms with E-state index in [1.54, 1.807) is 0 Å². The van der Waals surface area contributed by atoms with Crippen molar-refractivity contribution in [2.24, 2.45) is 0 Å². The molecule has 1 N–H and O–H groups in total. The van der Waals surface area contributed by atoms with E-state index in [4.69, 9.17) is 0 Å². The van der Waals surface area contributed by atoms with Gasteiger partial charge in [0.25, 0.3) is 5.91 Å². The Labute approximate surface area is 131 Å². The van der Waals surface area contributed by atoms with Gasteiger partial charge in [0.05, 0.1) is 0 Å². The number of thioether (sulfide) groups is 1. The fourth-order valence-electron chi connectivity index (χ4n) is 2.26. The number of amides is 1. The number of carbonyl (C=O) groups is 1. The van der Waals surface area contributed by atoms with Gasteiger partial charge in [0.1, 0.15) is 5.82 Å². The highest BCUT2D eigenvalue weighted by atomic mass is 32.2. The Morgan fingerprint density at radius 2 is 2.00 bits per heavy atom. The number of rotatable bonds is 3. The first kappa shape index (κ1) is 16.1. The van der Waals surface area contributed by atoms with E-state index in [0.717, 1.165) is 48.2 Å². The number of nitrogens with one attached hydrogen (secondary N) is 1. The third-order valence-electron chi connectivity index (χ3n) is 3.50. The minimum absolute atomic E-state index is 0.0712. The number of hydrogen-bond donors (Lipinski definition) is 1. The zero-order valence-corrected chi connectivity index (χ0v) is 14.2. The van der Waals surface area contributed by atoms with Crippen molar-refractivity contribution in [3.63, 3.8) is 0 Å². The standard InChI is InChI=1S/C16H25N3OS/c1-5-17-14-11-12(10-13(18-14)16(2,3)4)15(20)19-6-8-21-9-7-19/h10-11H,5-9H2,1-4H3,(H,17,18). The van der Waals surface area contributed by atoms with Gasteiger partial charge in [0.15, 0.2) is 0 Å². The van der Waals surface area contributed by atoms with Crippen molar-refractivity contribution in [2.75, 3.05) is 36.5 Å². The quantitative estimate of drug-likeness (QED) is 0.932. The molecule has 4 nitrogen and oxygen atoms in total. The van der Waals surface area contributed by atoms with Gasteiger partial charge in [-0.05, 0) is 19.1 Å². The van der Waals surface area contributed by atoms with E-state index in [9.17, 15) is 4.79 Å². The van der Waals surface area contributed by atoms with Gasteiger partial charge in [0.2, 0.25) is 0 Å². The molecule has 0 bridgehead atoms. The molecule has 0 radical (unpaired) electrons. The third-order valence-corrected chi connectivity index (χ3v) is 4.44. The molecule has 0 saturated carbocycles. The zero-order valence-electron chi connectivity index (χ0n) is 13.4. The average Bonchev–Trinajstić information content (AvgIpc) is 2.46. The highest BCUT2D eigenvalue weighted by Crippen LogP contribution is 2.24. The van der Waals surface area contributed by atoms with Crippen LogP contribution in [0.4, 0.5) is 5.82 Å². The molecule has 5 heteroatoms. The maximum atomic E-state index is 12.7. The Bertz CT molecular complexity index is 505. The molecule has 1 saturated heterocycles. The van der Waals surface area contributed by atoms with Crippen molar-refractivity contribution < 1.29 is 4.79 Å². The van der Waals surface area contributed by atoms with Gasteiger partial charge in [-0.1, -0.05) is 20.8 Å². The van der Waals surface area contributed by atoms with Gasteiger partial charge in [-0.15, -0.1) is 0 Å². The van der Waals surface area contributed by atoms with Gasteiger partial charge in [-0.3, -0.25) is 4.79 Å². The summed E-state index contributed by atoms with van der Waals surface area (Å²) in [6.07, 6.45) is 0. The Morgan fingerprint density at radius 3 is 2.57 bits per heavy atom. The smallest absolute Gasteiger partial charge is 0.254 e. The summed E-state index contributed by atoms with van der Waals surface area (Å²) in [6, 6.07) is 3.83. The van der Waals surface area contributed by atoms with Crippen molar-refractivity contribution >= 4 is 23.5 Å². The molecule has 1 aromatic heterocycles. The number of nitrogens with zero attached hydrogens (tertiary/aromatic N) is 2. The highest BCUT2D eigenvalue weighted by molar-refractivity contribution is 7.99. The zero-order chi connectivity index (χ0) is 15.5. The van der Waals surface area contributed by atoms with Crippen LogP contribution in [0.3, 0.4) is 0 Å². The van der Waals surface area contributed by atoms with Crippen LogP contribution in [0.15, 0.2) is 12.1 Å². The van der Waals surface area contributed by atoms with Gasteiger partial charge in [-0.2, -0.15) is 11.8 Å². The van der Waals surface area contributed by atoms with Crippen molar-refractivity contribution in [3.8, 4) is 0 Å². The molecular weight excluding hydrogens is 282 g/mol. The molecule has 0 aromatic carbocycles. The average molecular weight is 307 g/mol. The van der Waals surface area contributed by atoms with E-state index in [0.29, 0.717) is 0 Å². The lowest BCUT2D eigenvalue weighted by Gasteiger charge is -2.27. The Balaban J connectivity index is 2.32.